The first kappa shape index (κ1) is 19.3. The Kier molecular flexibility index (Phi) is 6.85. The molecule has 0 aliphatic rings. The Bertz CT molecular complexity index is 561. The van der Waals surface area contributed by atoms with Crippen LogP contribution in [0.2, 0.25) is 0 Å². The van der Waals surface area contributed by atoms with Crippen molar-refractivity contribution >= 4 is 5.97 Å². The lowest BCUT2D eigenvalue weighted by atomic mass is 9.88. The third-order valence-corrected chi connectivity index (χ3v) is 3.71. The SMILES string of the molecule is C=C(C)C(=O)O[C@](C)(CCCCCC)c1c(F)cc(F)cc1F. The van der Waals surface area contributed by atoms with E-state index in [9.17, 15) is 18.0 Å². The number of hydrogen-bond donors (Lipinski definition) is 0. The van der Waals surface area contributed by atoms with E-state index in [0.29, 0.717) is 18.6 Å². The summed E-state index contributed by atoms with van der Waals surface area (Å²) < 4.78 is 46.7. The number of carbonyl (C=O) groups excluding carboxylic acids is 1. The van der Waals surface area contributed by atoms with Crippen LogP contribution in [0.15, 0.2) is 24.3 Å². The summed E-state index contributed by atoms with van der Waals surface area (Å²) in [5, 5.41) is 0. The Morgan fingerprint density at radius 1 is 1.17 bits per heavy atom. The van der Waals surface area contributed by atoms with Crippen LogP contribution < -0.4 is 0 Å². The maximum Gasteiger partial charge on any atom is 0.333 e. The second-order valence-electron chi connectivity index (χ2n) is 5.96. The predicted octanol–water partition coefficient (Wildman–Crippen LogP) is 5.41. The van der Waals surface area contributed by atoms with Gasteiger partial charge in [0.05, 0.1) is 5.56 Å². The Hall–Kier alpha value is -1.78. The molecule has 0 N–H and O–H groups in total. The van der Waals surface area contributed by atoms with Crippen molar-refractivity contribution in [1.29, 1.82) is 0 Å². The Balaban J connectivity index is 3.17. The fraction of sp³-hybridized carbons (Fsp3) is 0.500. The Morgan fingerprint density at radius 3 is 2.22 bits per heavy atom. The van der Waals surface area contributed by atoms with E-state index in [0.717, 1.165) is 19.3 Å². The molecule has 23 heavy (non-hydrogen) atoms. The summed E-state index contributed by atoms with van der Waals surface area (Å²) >= 11 is 0. The van der Waals surface area contributed by atoms with Gasteiger partial charge in [0.1, 0.15) is 23.1 Å². The van der Waals surface area contributed by atoms with Gasteiger partial charge in [-0.3, -0.25) is 0 Å². The van der Waals surface area contributed by atoms with E-state index >= 15 is 0 Å². The smallest absolute Gasteiger partial charge is 0.333 e. The standard InChI is InChI=1S/C18H23F3O2/c1-5-6-7-8-9-18(4,23-17(22)12(2)3)16-14(20)10-13(19)11-15(16)21/h10-11H,2,5-9H2,1,3-4H3/t18-/m1/s1. The number of halogens is 3. The van der Waals surface area contributed by atoms with Crippen molar-refractivity contribution in [3.63, 3.8) is 0 Å². The number of ether oxygens (including phenoxy) is 1. The molecule has 0 heterocycles. The van der Waals surface area contributed by atoms with Gasteiger partial charge >= 0.3 is 5.97 Å². The van der Waals surface area contributed by atoms with Crippen molar-refractivity contribution in [3.8, 4) is 0 Å². The van der Waals surface area contributed by atoms with Crippen molar-refractivity contribution in [2.45, 2.75) is 58.5 Å². The Labute approximate surface area is 135 Å². The lowest BCUT2D eigenvalue weighted by molar-refractivity contribution is -0.155. The molecule has 0 saturated heterocycles. The highest BCUT2D eigenvalue weighted by atomic mass is 19.1. The van der Waals surface area contributed by atoms with Gasteiger partial charge in [-0.1, -0.05) is 32.8 Å². The van der Waals surface area contributed by atoms with E-state index in [1.54, 1.807) is 0 Å². The van der Waals surface area contributed by atoms with Crippen LogP contribution in [0.25, 0.3) is 0 Å². The van der Waals surface area contributed by atoms with Gasteiger partial charge in [0.2, 0.25) is 0 Å². The highest BCUT2D eigenvalue weighted by Crippen LogP contribution is 2.36. The zero-order chi connectivity index (χ0) is 17.6. The van der Waals surface area contributed by atoms with Gasteiger partial charge in [-0.2, -0.15) is 0 Å². The molecule has 0 aliphatic carbocycles. The van der Waals surface area contributed by atoms with E-state index < -0.39 is 34.6 Å². The summed E-state index contributed by atoms with van der Waals surface area (Å²) in [4.78, 5) is 11.9. The van der Waals surface area contributed by atoms with Gasteiger partial charge < -0.3 is 4.74 Å². The van der Waals surface area contributed by atoms with Crippen LogP contribution in [-0.4, -0.2) is 5.97 Å². The zero-order valence-corrected chi connectivity index (χ0v) is 13.8. The molecular formula is C18H23F3O2. The number of carbonyl (C=O) groups is 1. The van der Waals surface area contributed by atoms with Crippen LogP contribution in [0.5, 0.6) is 0 Å². The molecule has 0 amide bonds. The van der Waals surface area contributed by atoms with E-state index in [-0.39, 0.29) is 12.0 Å². The van der Waals surface area contributed by atoms with Gasteiger partial charge in [-0.05, 0) is 26.7 Å². The second-order valence-corrected chi connectivity index (χ2v) is 5.96. The monoisotopic (exact) mass is 328 g/mol. The van der Waals surface area contributed by atoms with Crippen LogP contribution in [0.4, 0.5) is 13.2 Å². The minimum atomic E-state index is -1.51. The van der Waals surface area contributed by atoms with Crippen molar-refractivity contribution in [3.05, 3.63) is 47.3 Å². The quantitative estimate of drug-likeness (QED) is 0.362. The lowest BCUT2D eigenvalue weighted by Crippen LogP contribution is -2.32. The largest absolute Gasteiger partial charge is 0.451 e. The molecule has 5 heteroatoms. The highest BCUT2D eigenvalue weighted by Gasteiger charge is 2.36. The summed E-state index contributed by atoms with van der Waals surface area (Å²) in [6.45, 7) is 8.42. The number of esters is 1. The molecule has 0 bridgehead atoms. The lowest BCUT2D eigenvalue weighted by Gasteiger charge is -2.31. The average molecular weight is 328 g/mol. The minimum Gasteiger partial charge on any atom is -0.451 e. The van der Waals surface area contributed by atoms with Gasteiger partial charge in [0.15, 0.2) is 0 Å². The van der Waals surface area contributed by atoms with Crippen LogP contribution in [0, 0.1) is 17.5 Å². The fourth-order valence-corrected chi connectivity index (χ4v) is 2.46. The number of unbranched alkanes of at least 4 members (excludes halogenated alkanes) is 3. The molecule has 128 valence electrons. The summed E-state index contributed by atoms with van der Waals surface area (Å²) in [5.41, 5.74) is -1.80. The first-order valence-corrected chi connectivity index (χ1v) is 7.75. The maximum absolute atomic E-state index is 14.1. The molecule has 0 radical (unpaired) electrons. The molecule has 2 nitrogen and oxygen atoms in total. The molecule has 1 aromatic rings. The summed E-state index contributed by atoms with van der Waals surface area (Å²) in [6.07, 6.45) is 3.69. The highest BCUT2D eigenvalue weighted by molar-refractivity contribution is 5.87. The molecule has 1 rings (SSSR count). The van der Waals surface area contributed by atoms with Crippen LogP contribution in [0.3, 0.4) is 0 Å². The summed E-state index contributed by atoms with van der Waals surface area (Å²) in [7, 11) is 0. The summed E-state index contributed by atoms with van der Waals surface area (Å²) in [6, 6.07) is 1.19. The maximum atomic E-state index is 14.1. The minimum absolute atomic E-state index is 0.132. The average Bonchev–Trinajstić information content (AvgIpc) is 2.42. The molecule has 0 fully saturated rings. The van der Waals surface area contributed by atoms with Crippen molar-refractivity contribution < 1.29 is 22.7 Å². The molecule has 0 spiro atoms. The van der Waals surface area contributed by atoms with Crippen LogP contribution in [-0.2, 0) is 15.1 Å². The second kappa shape index (κ2) is 8.18. The first-order chi connectivity index (χ1) is 10.7. The predicted molar refractivity (Wildman–Crippen MR) is 83.3 cm³/mol. The molecule has 0 aliphatic heterocycles. The summed E-state index contributed by atoms with van der Waals surface area (Å²) in [5.74, 6) is -3.86. The van der Waals surface area contributed by atoms with Crippen molar-refractivity contribution in [2.24, 2.45) is 0 Å². The topological polar surface area (TPSA) is 26.3 Å². The molecule has 0 saturated carbocycles. The van der Waals surface area contributed by atoms with Gasteiger partial charge in [-0.15, -0.1) is 0 Å². The molecule has 0 unspecified atom stereocenters. The Morgan fingerprint density at radius 2 is 1.74 bits per heavy atom. The van der Waals surface area contributed by atoms with Crippen molar-refractivity contribution in [2.75, 3.05) is 0 Å². The van der Waals surface area contributed by atoms with E-state index in [1.165, 1.54) is 13.8 Å². The normalized spacial score (nSPS) is 13.5. The zero-order valence-electron chi connectivity index (χ0n) is 13.8. The molecule has 0 aromatic heterocycles. The number of rotatable bonds is 8. The van der Waals surface area contributed by atoms with Crippen molar-refractivity contribution in [1.82, 2.24) is 0 Å². The third-order valence-electron chi connectivity index (χ3n) is 3.71. The molecular weight excluding hydrogens is 305 g/mol. The molecule has 1 atom stereocenters. The molecule has 1 aromatic carbocycles. The number of benzene rings is 1. The van der Waals surface area contributed by atoms with E-state index in [4.69, 9.17) is 4.74 Å². The van der Waals surface area contributed by atoms with Crippen LogP contribution in [0.1, 0.15) is 58.4 Å². The van der Waals surface area contributed by atoms with Gasteiger partial charge in [-0.25, -0.2) is 18.0 Å². The fourth-order valence-electron chi connectivity index (χ4n) is 2.46. The first-order valence-electron chi connectivity index (χ1n) is 7.75. The number of hydrogen-bond acceptors (Lipinski definition) is 2. The van der Waals surface area contributed by atoms with E-state index in [1.807, 2.05) is 6.92 Å². The van der Waals surface area contributed by atoms with Gasteiger partial charge in [0, 0.05) is 17.7 Å². The van der Waals surface area contributed by atoms with Gasteiger partial charge in [0.25, 0.3) is 0 Å². The third kappa shape index (κ3) is 5.12. The van der Waals surface area contributed by atoms with E-state index in [2.05, 4.69) is 6.58 Å². The van der Waals surface area contributed by atoms with Crippen LogP contribution >= 0.6 is 0 Å².